The lowest BCUT2D eigenvalue weighted by molar-refractivity contribution is -0.892. The largest absolute Gasteiger partial charge is 0.462 e. The van der Waals surface area contributed by atoms with Crippen LogP contribution in [-0.4, -0.2) is 38.1 Å². The molecular weight excluding hydrogens is 372 g/mol. The molecule has 1 aliphatic carbocycles. The van der Waals surface area contributed by atoms with E-state index in [0.29, 0.717) is 29.6 Å². The fourth-order valence-corrected chi connectivity index (χ4v) is 5.23. The monoisotopic (exact) mass is 409 g/mol. The summed E-state index contributed by atoms with van der Waals surface area (Å²) in [6.07, 6.45) is 7.49. The molecule has 1 amide bonds. The molecule has 1 aromatic heterocycles. The Morgan fingerprint density at radius 1 is 1.18 bits per heavy atom. The van der Waals surface area contributed by atoms with Gasteiger partial charge in [-0.15, -0.1) is 11.3 Å². The fourth-order valence-electron chi connectivity index (χ4n) is 3.81. The van der Waals surface area contributed by atoms with Gasteiger partial charge in [-0.2, -0.15) is 0 Å². The van der Waals surface area contributed by atoms with Crippen LogP contribution in [0.1, 0.15) is 80.6 Å². The summed E-state index contributed by atoms with van der Waals surface area (Å²) in [6.45, 7) is 11.3. The quantitative estimate of drug-likeness (QED) is 0.550. The van der Waals surface area contributed by atoms with Gasteiger partial charge in [0.2, 0.25) is 0 Å². The molecule has 28 heavy (non-hydrogen) atoms. The van der Waals surface area contributed by atoms with Gasteiger partial charge in [0.1, 0.15) is 5.00 Å². The van der Waals surface area contributed by atoms with Crippen molar-refractivity contribution < 1.29 is 19.2 Å². The van der Waals surface area contributed by atoms with Gasteiger partial charge in [-0.25, -0.2) is 4.79 Å². The minimum atomic E-state index is -0.300. The molecule has 5 nitrogen and oxygen atoms in total. The molecule has 0 aliphatic heterocycles. The van der Waals surface area contributed by atoms with Crippen LogP contribution < -0.4 is 10.2 Å². The molecule has 0 saturated heterocycles. The summed E-state index contributed by atoms with van der Waals surface area (Å²) in [7, 11) is 0. The van der Waals surface area contributed by atoms with Crippen LogP contribution in [0.5, 0.6) is 0 Å². The molecule has 1 atom stereocenters. The molecule has 0 bridgehead atoms. The van der Waals surface area contributed by atoms with Gasteiger partial charge in [-0.1, -0.05) is 33.6 Å². The topological polar surface area (TPSA) is 59.8 Å². The summed E-state index contributed by atoms with van der Waals surface area (Å²) in [5, 5.41) is 3.75. The highest BCUT2D eigenvalue weighted by Gasteiger charge is 2.29. The summed E-state index contributed by atoms with van der Waals surface area (Å²) in [5.74, 6) is 0.318. The maximum atomic E-state index is 12.8. The molecule has 0 radical (unpaired) electrons. The maximum Gasteiger partial charge on any atom is 0.341 e. The van der Waals surface area contributed by atoms with Crippen LogP contribution in [0.2, 0.25) is 0 Å². The van der Waals surface area contributed by atoms with Gasteiger partial charge in [0.05, 0.1) is 25.3 Å². The average Bonchev–Trinajstić information content (AvgIpc) is 3.00. The standard InChI is InChI=1S/C22H36N2O3S/c1-5-8-12-24(13-9-6-2)15-19(25)23-21-20(22(26)27-7-3)17-11-10-16(4)14-18(17)28-21/h16H,5-15H2,1-4H3,(H,23,25)/p+1/t16-/m1/s1. The van der Waals surface area contributed by atoms with Crippen molar-refractivity contribution in [2.45, 2.75) is 72.6 Å². The second-order valence-electron chi connectivity index (χ2n) is 7.96. The Morgan fingerprint density at radius 2 is 1.86 bits per heavy atom. The number of carbonyl (C=O) groups excluding carboxylic acids is 2. The molecule has 2 N–H and O–H groups in total. The highest BCUT2D eigenvalue weighted by molar-refractivity contribution is 7.17. The third kappa shape index (κ3) is 6.31. The van der Waals surface area contributed by atoms with Crippen LogP contribution in [0, 0.1) is 5.92 Å². The van der Waals surface area contributed by atoms with Crippen molar-refractivity contribution in [3.05, 3.63) is 16.0 Å². The van der Waals surface area contributed by atoms with Gasteiger partial charge in [0.15, 0.2) is 6.54 Å². The first-order chi connectivity index (χ1) is 13.5. The molecule has 1 aromatic rings. The summed E-state index contributed by atoms with van der Waals surface area (Å²) in [6, 6.07) is 0. The van der Waals surface area contributed by atoms with Crippen molar-refractivity contribution in [3.8, 4) is 0 Å². The summed E-state index contributed by atoms with van der Waals surface area (Å²) < 4.78 is 5.30. The number of ether oxygens (including phenoxy) is 1. The maximum absolute atomic E-state index is 12.8. The molecule has 0 fully saturated rings. The Labute approximate surface area is 173 Å². The number of rotatable bonds is 11. The van der Waals surface area contributed by atoms with E-state index in [2.05, 4.69) is 26.1 Å². The highest BCUT2D eigenvalue weighted by Crippen LogP contribution is 2.40. The number of esters is 1. The number of amides is 1. The fraction of sp³-hybridized carbons (Fsp3) is 0.727. The van der Waals surface area contributed by atoms with E-state index in [9.17, 15) is 9.59 Å². The van der Waals surface area contributed by atoms with Crippen molar-refractivity contribution >= 4 is 28.2 Å². The zero-order chi connectivity index (χ0) is 20.5. The van der Waals surface area contributed by atoms with Crippen molar-refractivity contribution in [3.63, 3.8) is 0 Å². The molecule has 0 aromatic carbocycles. The van der Waals surface area contributed by atoms with Crippen LogP contribution in [0.3, 0.4) is 0 Å². The van der Waals surface area contributed by atoms with Gasteiger partial charge in [0, 0.05) is 4.88 Å². The molecule has 1 aliphatic rings. The Kier molecular flexibility index (Phi) is 9.45. The van der Waals surface area contributed by atoms with Gasteiger partial charge in [0.25, 0.3) is 5.91 Å². The van der Waals surface area contributed by atoms with E-state index in [0.717, 1.165) is 63.6 Å². The third-order valence-electron chi connectivity index (χ3n) is 5.42. The molecule has 0 saturated carbocycles. The summed E-state index contributed by atoms with van der Waals surface area (Å²) in [4.78, 5) is 27.9. The predicted molar refractivity (Wildman–Crippen MR) is 115 cm³/mol. The first kappa shape index (κ1) is 22.9. The predicted octanol–water partition coefficient (Wildman–Crippen LogP) is 3.47. The van der Waals surface area contributed by atoms with Crippen molar-refractivity contribution in [2.24, 2.45) is 5.92 Å². The molecule has 158 valence electrons. The van der Waals surface area contributed by atoms with Crippen LogP contribution in [0.4, 0.5) is 5.00 Å². The molecular formula is C22H37N2O3S+. The van der Waals surface area contributed by atoms with Crippen LogP contribution in [0.15, 0.2) is 0 Å². The van der Waals surface area contributed by atoms with Crippen molar-refractivity contribution in [2.75, 3.05) is 31.6 Å². The van der Waals surface area contributed by atoms with Crippen LogP contribution in [-0.2, 0) is 22.4 Å². The number of anilines is 1. The lowest BCUT2D eigenvalue weighted by Gasteiger charge is -2.19. The van der Waals surface area contributed by atoms with E-state index < -0.39 is 0 Å². The number of hydrogen-bond acceptors (Lipinski definition) is 4. The Bertz CT molecular complexity index is 648. The van der Waals surface area contributed by atoms with E-state index in [1.165, 1.54) is 9.78 Å². The van der Waals surface area contributed by atoms with Crippen molar-refractivity contribution in [1.82, 2.24) is 0 Å². The lowest BCUT2D eigenvalue weighted by atomic mass is 9.88. The van der Waals surface area contributed by atoms with E-state index in [4.69, 9.17) is 4.74 Å². The summed E-state index contributed by atoms with van der Waals surface area (Å²) >= 11 is 1.57. The molecule has 1 heterocycles. The van der Waals surface area contributed by atoms with E-state index in [-0.39, 0.29) is 11.9 Å². The minimum absolute atomic E-state index is 0.000556. The number of nitrogens with one attached hydrogen (secondary N) is 2. The first-order valence-electron chi connectivity index (χ1n) is 10.9. The average molecular weight is 410 g/mol. The van der Waals surface area contributed by atoms with Gasteiger partial charge in [-0.3, -0.25) is 4.79 Å². The SMILES string of the molecule is CCCC[NH+](CCCC)CC(=O)Nc1sc2c(c1C(=O)OCC)CC[C@@H](C)C2. The number of quaternary nitrogens is 1. The first-order valence-corrected chi connectivity index (χ1v) is 11.8. The number of unbranched alkanes of at least 4 members (excludes halogenated alkanes) is 2. The molecule has 0 spiro atoms. The van der Waals surface area contributed by atoms with Crippen molar-refractivity contribution in [1.29, 1.82) is 0 Å². The van der Waals surface area contributed by atoms with Crippen LogP contribution in [0.25, 0.3) is 0 Å². The second-order valence-corrected chi connectivity index (χ2v) is 9.06. The zero-order valence-corrected chi connectivity index (χ0v) is 18.8. The molecule has 0 unspecified atom stereocenters. The smallest absolute Gasteiger partial charge is 0.341 e. The third-order valence-corrected chi connectivity index (χ3v) is 6.59. The Morgan fingerprint density at radius 3 is 2.46 bits per heavy atom. The number of carbonyl (C=O) groups is 2. The lowest BCUT2D eigenvalue weighted by Crippen LogP contribution is -3.13. The number of hydrogen-bond donors (Lipinski definition) is 2. The van der Waals surface area contributed by atoms with E-state index in [1.807, 2.05) is 6.92 Å². The van der Waals surface area contributed by atoms with Crippen LogP contribution >= 0.6 is 11.3 Å². The van der Waals surface area contributed by atoms with E-state index in [1.54, 1.807) is 11.3 Å². The highest BCUT2D eigenvalue weighted by atomic mass is 32.1. The van der Waals surface area contributed by atoms with Gasteiger partial charge in [-0.05, 0) is 50.5 Å². The Balaban J connectivity index is 2.14. The number of thiophene rings is 1. The Hall–Kier alpha value is -1.40. The van der Waals surface area contributed by atoms with Gasteiger partial charge >= 0.3 is 5.97 Å². The molecule has 6 heteroatoms. The normalized spacial score (nSPS) is 16.1. The number of fused-ring (bicyclic) bond motifs is 1. The molecule has 2 rings (SSSR count). The van der Waals surface area contributed by atoms with Gasteiger partial charge < -0.3 is 15.0 Å². The second kappa shape index (κ2) is 11.6. The minimum Gasteiger partial charge on any atom is -0.462 e. The van der Waals surface area contributed by atoms with E-state index >= 15 is 0 Å². The zero-order valence-electron chi connectivity index (χ0n) is 18.0. The summed E-state index contributed by atoms with van der Waals surface area (Å²) in [5.41, 5.74) is 1.70.